The van der Waals surface area contributed by atoms with E-state index >= 15 is 0 Å². The number of hydrogen-bond donors (Lipinski definition) is 0. The first-order valence-corrected chi connectivity index (χ1v) is 1.72. The summed E-state index contributed by atoms with van der Waals surface area (Å²) in [6.07, 6.45) is -0.185. The van der Waals surface area contributed by atoms with Gasteiger partial charge in [-0.15, -0.1) is 6.58 Å². The summed E-state index contributed by atoms with van der Waals surface area (Å²) in [5, 5.41) is 9.38. The molecule has 0 atom stereocenters. The minimum atomic E-state index is -1.51. The van der Waals surface area contributed by atoms with Crippen molar-refractivity contribution < 1.29 is 66.0 Å². The van der Waals surface area contributed by atoms with Crippen LogP contribution in [-0.4, -0.2) is 12.8 Å². The molecule has 0 aromatic rings. The van der Waals surface area contributed by atoms with Crippen molar-refractivity contribution in [3.63, 3.8) is 0 Å². The van der Waals surface area contributed by atoms with E-state index < -0.39 is 6.16 Å². The molecule has 40 valence electrons. The fourth-order valence-corrected chi connectivity index (χ4v) is 0.127. The Morgan fingerprint density at radius 2 is 2.38 bits per heavy atom. The molecule has 0 unspecified atom stereocenters. The maximum absolute atomic E-state index is 9.38. The molecule has 0 rings (SSSR count). The van der Waals surface area contributed by atoms with Crippen molar-refractivity contribution >= 4 is 6.16 Å². The van der Waals surface area contributed by atoms with Crippen molar-refractivity contribution in [2.45, 2.75) is 0 Å². The zero-order chi connectivity index (χ0) is 5.70. The van der Waals surface area contributed by atoms with Crippen molar-refractivity contribution in [3.05, 3.63) is 12.7 Å². The maximum Gasteiger partial charge on any atom is 1.00 e. The number of carbonyl (C=O) groups is 1. The van der Waals surface area contributed by atoms with Crippen molar-refractivity contribution in [2.75, 3.05) is 6.61 Å². The van der Waals surface area contributed by atoms with E-state index in [1.807, 2.05) is 0 Å². The topological polar surface area (TPSA) is 49.4 Å². The third kappa shape index (κ3) is 9.82. The third-order valence-corrected chi connectivity index (χ3v) is 0.319. The van der Waals surface area contributed by atoms with E-state index in [0.29, 0.717) is 0 Å². The number of carbonyl (C=O) groups excluding carboxylic acids is 1. The number of rotatable bonds is 2. The maximum atomic E-state index is 9.38. The van der Waals surface area contributed by atoms with Crippen LogP contribution in [0, 0.1) is 0 Å². The second-order valence-electron chi connectivity index (χ2n) is 0.850. The summed E-state index contributed by atoms with van der Waals surface area (Å²) in [5.74, 6) is 0. The van der Waals surface area contributed by atoms with Gasteiger partial charge in [0.05, 0.1) is 0 Å². The minimum absolute atomic E-state index is 0. The van der Waals surface area contributed by atoms with Crippen LogP contribution < -0.4 is 56.5 Å². The zero-order valence-electron chi connectivity index (χ0n) is 4.72. The molecule has 0 aliphatic rings. The molecule has 0 fully saturated rings. The smallest absolute Gasteiger partial charge is 0.546 e. The minimum Gasteiger partial charge on any atom is -0.546 e. The fraction of sp³-hybridized carbons (Fsp3) is 0.250. The van der Waals surface area contributed by atoms with Crippen molar-refractivity contribution in [2.24, 2.45) is 0 Å². The van der Waals surface area contributed by atoms with Gasteiger partial charge in [0.1, 0.15) is 0 Å². The van der Waals surface area contributed by atoms with Gasteiger partial charge in [-0.25, -0.2) is 0 Å². The van der Waals surface area contributed by atoms with Gasteiger partial charge < -0.3 is 14.6 Å². The van der Waals surface area contributed by atoms with E-state index in [0.717, 1.165) is 0 Å². The quantitative estimate of drug-likeness (QED) is 0.227. The molecule has 0 heterocycles. The molecule has 0 radical (unpaired) electrons. The molecule has 8 heavy (non-hydrogen) atoms. The Morgan fingerprint density at radius 3 is 2.50 bits per heavy atom. The summed E-state index contributed by atoms with van der Waals surface area (Å²) in [6.45, 7) is 3.22. The molecular formula is C4H5KO3. The van der Waals surface area contributed by atoms with Crippen LogP contribution in [0.4, 0.5) is 4.79 Å². The van der Waals surface area contributed by atoms with E-state index in [1.54, 1.807) is 0 Å². The molecular weight excluding hydrogens is 135 g/mol. The van der Waals surface area contributed by atoms with E-state index in [2.05, 4.69) is 11.3 Å². The normalized spacial score (nSPS) is 6.50. The Kier molecular flexibility index (Phi) is 10.9. The fourth-order valence-electron chi connectivity index (χ4n) is 0.127. The van der Waals surface area contributed by atoms with Gasteiger partial charge >= 0.3 is 51.4 Å². The summed E-state index contributed by atoms with van der Waals surface area (Å²) in [6, 6.07) is 0. The predicted molar refractivity (Wildman–Crippen MR) is 21.5 cm³/mol. The van der Waals surface area contributed by atoms with E-state index in [9.17, 15) is 9.90 Å². The summed E-state index contributed by atoms with van der Waals surface area (Å²) < 4.78 is 3.88. The molecule has 3 nitrogen and oxygen atoms in total. The third-order valence-electron chi connectivity index (χ3n) is 0.319. The van der Waals surface area contributed by atoms with Gasteiger partial charge in [0.15, 0.2) is 0 Å². The number of carboxylic acid groups (broad SMARTS) is 1. The van der Waals surface area contributed by atoms with Crippen LogP contribution in [-0.2, 0) is 4.74 Å². The average Bonchev–Trinajstić information content (AvgIpc) is 1.61. The van der Waals surface area contributed by atoms with Crippen LogP contribution in [0.3, 0.4) is 0 Å². The van der Waals surface area contributed by atoms with Gasteiger partial charge in [0.2, 0.25) is 0 Å². The standard InChI is InChI=1S/C4H6O3.K/c1-2-3-7-4(5)6;/h2H,1,3H2,(H,5,6);/q;+1/p-1. The second kappa shape index (κ2) is 7.65. The monoisotopic (exact) mass is 140 g/mol. The molecule has 0 aliphatic heterocycles. The van der Waals surface area contributed by atoms with Gasteiger partial charge in [-0.1, -0.05) is 6.08 Å². The number of ether oxygens (including phenoxy) is 1. The predicted octanol–water partition coefficient (Wildman–Crippen LogP) is -3.46. The van der Waals surface area contributed by atoms with E-state index in [1.165, 1.54) is 6.08 Å². The van der Waals surface area contributed by atoms with Gasteiger partial charge in [0.25, 0.3) is 6.16 Å². The van der Waals surface area contributed by atoms with Crippen LogP contribution in [0.25, 0.3) is 0 Å². The molecule has 0 aromatic heterocycles. The number of hydrogen-bond acceptors (Lipinski definition) is 3. The largest absolute Gasteiger partial charge is 1.00 e. The Bertz CT molecular complexity index is 81.4. The van der Waals surface area contributed by atoms with Crippen LogP contribution in [0.15, 0.2) is 12.7 Å². The summed E-state index contributed by atoms with van der Waals surface area (Å²) in [7, 11) is 0. The molecule has 0 bridgehead atoms. The Morgan fingerprint density at radius 1 is 1.88 bits per heavy atom. The molecule has 0 N–H and O–H groups in total. The van der Waals surface area contributed by atoms with Crippen LogP contribution in [0.1, 0.15) is 0 Å². The van der Waals surface area contributed by atoms with Crippen LogP contribution in [0.5, 0.6) is 0 Å². The van der Waals surface area contributed by atoms with Crippen LogP contribution in [0.2, 0.25) is 0 Å². The Labute approximate surface area is 90.1 Å². The van der Waals surface area contributed by atoms with Crippen molar-refractivity contribution in [1.82, 2.24) is 0 Å². The van der Waals surface area contributed by atoms with Gasteiger partial charge in [-0.3, -0.25) is 0 Å². The van der Waals surface area contributed by atoms with E-state index in [4.69, 9.17) is 0 Å². The Balaban J connectivity index is 0. The first-order valence-electron chi connectivity index (χ1n) is 1.72. The van der Waals surface area contributed by atoms with Crippen molar-refractivity contribution in [3.8, 4) is 0 Å². The Hall–Kier alpha value is 0.646. The molecule has 0 aliphatic carbocycles. The van der Waals surface area contributed by atoms with Gasteiger partial charge in [0, 0.05) is 6.61 Å². The first kappa shape index (κ1) is 11.4. The van der Waals surface area contributed by atoms with Crippen LogP contribution >= 0.6 is 0 Å². The zero-order valence-corrected chi connectivity index (χ0v) is 7.84. The summed E-state index contributed by atoms with van der Waals surface area (Å²) in [4.78, 5) is 9.38. The molecule has 0 aromatic carbocycles. The summed E-state index contributed by atoms with van der Waals surface area (Å²) >= 11 is 0. The molecule has 0 saturated carbocycles. The van der Waals surface area contributed by atoms with Crippen molar-refractivity contribution in [1.29, 1.82) is 0 Å². The first-order chi connectivity index (χ1) is 3.27. The van der Waals surface area contributed by atoms with Gasteiger partial charge in [-0.05, 0) is 0 Å². The van der Waals surface area contributed by atoms with E-state index in [-0.39, 0.29) is 58.0 Å². The summed E-state index contributed by atoms with van der Waals surface area (Å²) in [5.41, 5.74) is 0. The molecule has 0 saturated heterocycles. The molecule has 4 heteroatoms. The SMILES string of the molecule is C=CCOC(=O)[O-].[K+]. The second-order valence-corrected chi connectivity index (χ2v) is 0.850. The molecule has 0 amide bonds. The molecule has 0 spiro atoms. The van der Waals surface area contributed by atoms with Gasteiger partial charge in [-0.2, -0.15) is 0 Å². The average molecular weight is 140 g/mol.